The number of ether oxygens (including phenoxy) is 1. The molecule has 0 spiro atoms. The molecule has 0 bridgehead atoms. The molecule has 0 unspecified atom stereocenters. The van der Waals surface area contributed by atoms with Crippen LogP contribution in [0.15, 0.2) is 47.4 Å². The molecule has 2 aromatic carbocycles. The number of benzene rings is 2. The highest BCUT2D eigenvalue weighted by atomic mass is 32.2. The topological polar surface area (TPSA) is 44.8 Å². The van der Waals surface area contributed by atoms with Crippen LogP contribution in [0.5, 0.6) is 5.75 Å². The largest absolute Gasteiger partial charge is 0.496 e. The monoisotopic (exact) mass is 316 g/mol. The third kappa shape index (κ3) is 4.46. The van der Waals surface area contributed by atoms with E-state index < -0.39 is 0 Å². The lowest BCUT2D eigenvalue weighted by Crippen LogP contribution is -1.90. The molecule has 0 N–H and O–H groups in total. The van der Waals surface area contributed by atoms with Gasteiger partial charge in [0.1, 0.15) is 5.75 Å². The summed E-state index contributed by atoms with van der Waals surface area (Å²) in [7, 11) is 3.02. The van der Waals surface area contributed by atoms with Crippen LogP contribution >= 0.6 is 12.0 Å². The van der Waals surface area contributed by atoms with E-state index in [1.807, 2.05) is 48.6 Å². The van der Waals surface area contributed by atoms with Crippen LogP contribution in [0.4, 0.5) is 0 Å². The SMILES string of the molecule is COOSc1ccc(/C=C/c2ccc(C=O)c(OC)c2)cc1. The second-order valence-corrected chi connectivity index (χ2v) is 5.11. The molecule has 0 aliphatic heterocycles. The lowest BCUT2D eigenvalue weighted by molar-refractivity contribution is -0.160. The lowest BCUT2D eigenvalue weighted by Gasteiger charge is -2.04. The first kappa shape index (κ1) is 16.3. The fourth-order valence-corrected chi connectivity index (χ4v) is 2.22. The zero-order valence-electron chi connectivity index (χ0n) is 12.3. The molecule has 2 aromatic rings. The molecular formula is C17H16O4S. The maximum Gasteiger partial charge on any atom is 0.153 e. The van der Waals surface area contributed by atoms with Gasteiger partial charge >= 0.3 is 0 Å². The van der Waals surface area contributed by atoms with Crippen molar-refractivity contribution in [1.29, 1.82) is 0 Å². The molecule has 0 heterocycles. The predicted octanol–water partition coefficient (Wildman–Crippen LogP) is 4.26. The number of hydrogen-bond acceptors (Lipinski definition) is 5. The Morgan fingerprint density at radius 2 is 1.64 bits per heavy atom. The van der Waals surface area contributed by atoms with Gasteiger partial charge in [-0.3, -0.25) is 4.79 Å². The van der Waals surface area contributed by atoms with Crippen molar-refractivity contribution in [2.24, 2.45) is 0 Å². The van der Waals surface area contributed by atoms with Gasteiger partial charge in [-0.25, -0.2) is 4.89 Å². The fraction of sp³-hybridized carbons (Fsp3) is 0.118. The zero-order chi connectivity index (χ0) is 15.8. The molecular weight excluding hydrogens is 300 g/mol. The molecule has 114 valence electrons. The van der Waals surface area contributed by atoms with Crippen LogP contribution in [-0.2, 0) is 9.22 Å². The van der Waals surface area contributed by atoms with Crippen molar-refractivity contribution in [3.8, 4) is 5.75 Å². The number of carbonyl (C=O) groups is 1. The summed E-state index contributed by atoms with van der Waals surface area (Å²) >= 11 is 1.16. The van der Waals surface area contributed by atoms with E-state index in [0.29, 0.717) is 11.3 Å². The van der Waals surface area contributed by atoms with Crippen molar-refractivity contribution in [3.63, 3.8) is 0 Å². The van der Waals surface area contributed by atoms with Gasteiger partial charge in [-0.2, -0.15) is 4.33 Å². The van der Waals surface area contributed by atoms with Crippen LogP contribution in [-0.4, -0.2) is 20.5 Å². The second-order valence-electron chi connectivity index (χ2n) is 4.34. The van der Waals surface area contributed by atoms with Gasteiger partial charge in [0.2, 0.25) is 0 Å². The van der Waals surface area contributed by atoms with E-state index in [2.05, 4.69) is 4.89 Å². The van der Waals surface area contributed by atoms with Gasteiger partial charge < -0.3 is 4.74 Å². The highest BCUT2D eigenvalue weighted by molar-refractivity contribution is 7.94. The van der Waals surface area contributed by atoms with Crippen LogP contribution < -0.4 is 4.74 Å². The quantitative estimate of drug-likeness (QED) is 0.251. The van der Waals surface area contributed by atoms with Crippen molar-refractivity contribution in [3.05, 3.63) is 59.2 Å². The maximum atomic E-state index is 10.9. The molecule has 0 atom stereocenters. The Bertz CT molecular complexity index is 650. The van der Waals surface area contributed by atoms with Gasteiger partial charge in [-0.15, -0.1) is 0 Å². The lowest BCUT2D eigenvalue weighted by atomic mass is 10.1. The molecule has 0 amide bonds. The summed E-state index contributed by atoms with van der Waals surface area (Å²) in [5, 5.41) is 0. The summed E-state index contributed by atoms with van der Waals surface area (Å²) in [6, 6.07) is 13.3. The van der Waals surface area contributed by atoms with Crippen molar-refractivity contribution in [2.75, 3.05) is 14.2 Å². The summed E-state index contributed by atoms with van der Waals surface area (Å²) < 4.78 is 9.98. The molecule has 0 fully saturated rings. The molecule has 0 saturated heterocycles. The average molecular weight is 316 g/mol. The normalized spacial score (nSPS) is 10.8. The summed E-state index contributed by atoms with van der Waals surface area (Å²) in [6.07, 6.45) is 4.73. The standard InChI is InChI=1S/C17H16O4S/c1-19-17-11-14(5-8-15(17)12-18)4-3-13-6-9-16(10-7-13)22-21-20-2/h3-12H,1-2H3/b4-3+. The fourth-order valence-electron chi connectivity index (χ4n) is 1.83. The Labute approximate surface area is 133 Å². The van der Waals surface area contributed by atoms with E-state index in [4.69, 9.17) is 9.07 Å². The van der Waals surface area contributed by atoms with Gasteiger partial charge in [-0.1, -0.05) is 30.4 Å². The van der Waals surface area contributed by atoms with Gasteiger partial charge in [-0.05, 0) is 35.4 Å². The summed E-state index contributed by atoms with van der Waals surface area (Å²) in [6.45, 7) is 0. The number of aldehydes is 1. The Morgan fingerprint density at radius 3 is 2.27 bits per heavy atom. The first-order valence-corrected chi connectivity index (χ1v) is 7.29. The number of rotatable bonds is 7. The molecule has 0 radical (unpaired) electrons. The minimum atomic E-state index is 0.541. The van der Waals surface area contributed by atoms with Crippen LogP contribution in [0.1, 0.15) is 21.5 Å². The van der Waals surface area contributed by atoms with Crippen LogP contribution in [0.25, 0.3) is 12.2 Å². The summed E-state index contributed by atoms with van der Waals surface area (Å²) in [5.41, 5.74) is 2.56. The van der Waals surface area contributed by atoms with Crippen LogP contribution in [0.3, 0.4) is 0 Å². The van der Waals surface area contributed by atoms with Crippen molar-refractivity contribution >= 4 is 30.5 Å². The number of methoxy groups -OCH3 is 1. The molecule has 2 rings (SSSR count). The smallest absolute Gasteiger partial charge is 0.153 e. The Balaban J connectivity index is 2.09. The van der Waals surface area contributed by atoms with Gasteiger partial charge in [0.15, 0.2) is 6.29 Å². The first-order valence-electron chi connectivity index (χ1n) is 6.55. The molecule has 22 heavy (non-hydrogen) atoms. The third-order valence-electron chi connectivity index (χ3n) is 2.93. The Hall–Kier alpha value is -2.08. The van der Waals surface area contributed by atoms with Crippen LogP contribution in [0, 0.1) is 0 Å². The molecule has 0 aliphatic rings. The van der Waals surface area contributed by atoms with E-state index in [9.17, 15) is 4.79 Å². The van der Waals surface area contributed by atoms with Crippen molar-refractivity contribution < 1.29 is 18.8 Å². The predicted molar refractivity (Wildman–Crippen MR) is 87.7 cm³/mol. The average Bonchev–Trinajstić information content (AvgIpc) is 2.58. The van der Waals surface area contributed by atoms with E-state index >= 15 is 0 Å². The Kier molecular flexibility index (Phi) is 6.21. The van der Waals surface area contributed by atoms with Crippen molar-refractivity contribution in [2.45, 2.75) is 4.90 Å². The zero-order valence-corrected chi connectivity index (χ0v) is 13.1. The molecule has 0 aromatic heterocycles. The number of hydrogen-bond donors (Lipinski definition) is 0. The molecule has 4 nitrogen and oxygen atoms in total. The first-order chi connectivity index (χ1) is 10.8. The highest BCUT2D eigenvalue weighted by Gasteiger charge is 2.01. The highest BCUT2D eigenvalue weighted by Crippen LogP contribution is 2.22. The van der Waals surface area contributed by atoms with E-state index in [1.165, 1.54) is 7.11 Å². The van der Waals surface area contributed by atoms with Gasteiger partial charge in [0, 0.05) is 4.90 Å². The molecule has 0 aliphatic carbocycles. The van der Waals surface area contributed by atoms with Crippen molar-refractivity contribution in [1.82, 2.24) is 0 Å². The van der Waals surface area contributed by atoms with E-state index in [-0.39, 0.29) is 0 Å². The minimum Gasteiger partial charge on any atom is -0.496 e. The summed E-state index contributed by atoms with van der Waals surface area (Å²) in [5.74, 6) is 0.570. The summed E-state index contributed by atoms with van der Waals surface area (Å²) in [4.78, 5) is 16.4. The van der Waals surface area contributed by atoms with E-state index in [0.717, 1.165) is 34.4 Å². The molecule has 0 saturated carbocycles. The van der Waals surface area contributed by atoms with Gasteiger partial charge in [0.25, 0.3) is 0 Å². The van der Waals surface area contributed by atoms with Gasteiger partial charge in [0.05, 0.1) is 31.8 Å². The minimum absolute atomic E-state index is 0.541. The second kappa shape index (κ2) is 8.38. The molecule has 5 heteroatoms. The van der Waals surface area contributed by atoms with Crippen LogP contribution in [0.2, 0.25) is 0 Å². The maximum absolute atomic E-state index is 10.9. The third-order valence-corrected chi connectivity index (χ3v) is 3.60. The van der Waals surface area contributed by atoms with E-state index in [1.54, 1.807) is 13.2 Å². The number of carbonyl (C=O) groups excluding carboxylic acids is 1. The Morgan fingerprint density at radius 1 is 0.955 bits per heavy atom.